The third kappa shape index (κ3) is 2.15. The van der Waals surface area contributed by atoms with E-state index in [-0.39, 0.29) is 24.0 Å². The topological polar surface area (TPSA) is 52.6 Å². The monoisotopic (exact) mass is 266 g/mol. The summed E-state index contributed by atoms with van der Waals surface area (Å²) >= 11 is 0. The maximum atomic E-state index is 11.8. The molecule has 1 heterocycles. The van der Waals surface area contributed by atoms with E-state index >= 15 is 0 Å². The number of ether oxygens (including phenoxy) is 2. The van der Waals surface area contributed by atoms with Gasteiger partial charge < -0.3 is 9.47 Å². The zero-order valence-electron chi connectivity index (χ0n) is 11.6. The molecule has 0 amide bonds. The molecule has 3 rings (SSSR count). The van der Waals surface area contributed by atoms with Crippen molar-refractivity contribution in [1.29, 1.82) is 0 Å². The Bertz CT molecular complexity index is 392. The molecule has 0 aromatic heterocycles. The minimum Gasteiger partial charge on any atom is -0.465 e. The Kier molecular flexibility index (Phi) is 3.27. The average Bonchev–Trinajstić information content (AvgIpc) is 3.02. The van der Waals surface area contributed by atoms with Crippen LogP contribution in [0.3, 0.4) is 0 Å². The van der Waals surface area contributed by atoms with Crippen molar-refractivity contribution in [2.75, 3.05) is 6.61 Å². The molecule has 1 saturated heterocycles. The number of hydrogen-bond acceptors (Lipinski definition) is 4. The third-order valence-corrected chi connectivity index (χ3v) is 5.51. The standard InChI is InChI=1S/C15H22O4/c1-8-10-3-4-11(8)13(7-10)14(19-9(2)16)12-5-6-18-15(12)17/h8,10-14H,3-7H2,1-2H3. The fraction of sp³-hybridized carbons (Fsp3) is 0.867. The summed E-state index contributed by atoms with van der Waals surface area (Å²) in [4.78, 5) is 23.2. The molecule has 0 N–H and O–H groups in total. The number of fused-ring (bicyclic) bond motifs is 2. The summed E-state index contributed by atoms with van der Waals surface area (Å²) in [6, 6.07) is 0. The SMILES string of the molecule is CC(=O)OC(C1CCOC1=O)C1CC2CCC1C2C. The van der Waals surface area contributed by atoms with Crippen LogP contribution in [0, 0.1) is 29.6 Å². The summed E-state index contributed by atoms with van der Waals surface area (Å²) in [6.45, 7) is 4.21. The maximum absolute atomic E-state index is 11.8. The molecule has 3 aliphatic rings. The van der Waals surface area contributed by atoms with E-state index < -0.39 is 0 Å². The molecule has 19 heavy (non-hydrogen) atoms. The smallest absolute Gasteiger partial charge is 0.312 e. The van der Waals surface area contributed by atoms with Gasteiger partial charge in [-0.25, -0.2) is 0 Å². The highest BCUT2D eigenvalue weighted by Gasteiger charge is 2.52. The van der Waals surface area contributed by atoms with Crippen LogP contribution in [0.25, 0.3) is 0 Å². The van der Waals surface area contributed by atoms with Crippen molar-refractivity contribution in [1.82, 2.24) is 0 Å². The molecule has 3 fully saturated rings. The van der Waals surface area contributed by atoms with Crippen molar-refractivity contribution in [3.63, 3.8) is 0 Å². The summed E-state index contributed by atoms with van der Waals surface area (Å²) in [6.07, 6.45) is 4.05. The molecule has 2 saturated carbocycles. The summed E-state index contributed by atoms with van der Waals surface area (Å²) in [5.41, 5.74) is 0. The van der Waals surface area contributed by atoms with E-state index in [0.717, 1.165) is 12.3 Å². The molecular weight excluding hydrogens is 244 g/mol. The van der Waals surface area contributed by atoms with Gasteiger partial charge in [-0.3, -0.25) is 9.59 Å². The van der Waals surface area contributed by atoms with Crippen molar-refractivity contribution >= 4 is 11.9 Å². The van der Waals surface area contributed by atoms with Crippen LogP contribution in [0.5, 0.6) is 0 Å². The Labute approximate surface area is 113 Å². The van der Waals surface area contributed by atoms with Gasteiger partial charge in [0.2, 0.25) is 0 Å². The van der Waals surface area contributed by atoms with Crippen LogP contribution in [0.1, 0.15) is 39.5 Å². The lowest BCUT2D eigenvalue weighted by atomic mass is 9.78. The second kappa shape index (κ2) is 4.80. The van der Waals surface area contributed by atoms with Gasteiger partial charge in [0.05, 0.1) is 12.5 Å². The Morgan fingerprint density at radius 2 is 2.16 bits per heavy atom. The minimum atomic E-state index is -0.278. The molecule has 6 unspecified atom stereocenters. The van der Waals surface area contributed by atoms with Crippen LogP contribution >= 0.6 is 0 Å². The first-order valence-electron chi connectivity index (χ1n) is 7.41. The number of cyclic esters (lactones) is 1. The third-order valence-electron chi connectivity index (χ3n) is 5.51. The molecule has 0 radical (unpaired) electrons. The van der Waals surface area contributed by atoms with Gasteiger partial charge in [0, 0.05) is 12.8 Å². The molecule has 6 atom stereocenters. The zero-order chi connectivity index (χ0) is 13.6. The van der Waals surface area contributed by atoms with Crippen molar-refractivity contribution in [2.24, 2.45) is 29.6 Å². The van der Waals surface area contributed by atoms with Crippen LogP contribution in [-0.2, 0) is 19.1 Å². The first-order valence-corrected chi connectivity index (χ1v) is 7.41. The molecular formula is C15H22O4. The largest absolute Gasteiger partial charge is 0.465 e. The number of hydrogen-bond donors (Lipinski definition) is 0. The second-order valence-corrected chi connectivity index (χ2v) is 6.40. The van der Waals surface area contributed by atoms with Gasteiger partial charge in [-0.1, -0.05) is 6.92 Å². The van der Waals surface area contributed by atoms with E-state index in [9.17, 15) is 9.59 Å². The van der Waals surface area contributed by atoms with Gasteiger partial charge in [0.1, 0.15) is 6.10 Å². The van der Waals surface area contributed by atoms with Crippen LogP contribution in [0.15, 0.2) is 0 Å². The maximum Gasteiger partial charge on any atom is 0.312 e. The van der Waals surface area contributed by atoms with Gasteiger partial charge in [0.15, 0.2) is 0 Å². The fourth-order valence-corrected chi connectivity index (χ4v) is 4.59. The quantitative estimate of drug-likeness (QED) is 0.735. The highest BCUT2D eigenvalue weighted by atomic mass is 16.6. The predicted molar refractivity (Wildman–Crippen MR) is 68.1 cm³/mol. The minimum absolute atomic E-state index is 0.179. The van der Waals surface area contributed by atoms with E-state index in [4.69, 9.17) is 9.47 Å². The molecule has 4 nitrogen and oxygen atoms in total. The van der Waals surface area contributed by atoms with Crippen molar-refractivity contribution in [3.05, 3.63) is 0 Å². The first kappa shape index (κ1) is 12.9. The number of carbonyl (C=O) groups is 2. The lowest BCUT2D eigenvalue weighted by Crippen LogP contribution is -2.38. The predicted octanol–water partition coefficient (Wildman–Crippen LogP) is 2.16. The Hall–Kier alpha value is -1.06. The van der Waals surface area contributed by atoms with Crippen molar-refractivity contribution in [2.45, 2.75) is 45.6 Å². The van der Waals surface area contributed by atoms with Gasteiger partial charge in [-0.15, -0.1) is 0 Å². The highest BCUT2D eigenvalue weighted by Crippen LogP contribution is 2.55. The van der Waals surface area contributed by atoms with E-state index in [1.165, 1.54) is 19.8 Å². The number of carbonyl (C=O) groups excluding carboxylic acids is 2. The molecule has 106 valence electrons. The molecule has 2 bridgehead atoms. The van der Waals surface area contributed by atoms with E-state index in [0.29, 0.717) is 30.8 Å². The van der Waals surface area contributed by atoms with Crippen LogP contribution in [-0.4, -0.2) is 24.6 Å². The van der Waals surface area contributed by atoms with Gasteiger partial charge in [-0.05, 0) is 43.4 Å². The molecule has 0 aromatic rings. The molecule has 0 spiro atoms. The van der Waals surface area contributed by atoms with Crippen LogP contribution < -0.4 is 0 Å². The number of rotatable bonds is 3. The van der Waals surface area contributed by atoms with Crippen molar-refractivity contribution < 1.29 is 19.1 Å². The Morgan fingerprint density at radius 3 is 2.63 bits per heavy atom. The average molecular weight is 266 g/mol. The van der Waals surface area contributed by atoms with Crippen LogP contribution in [0.4, 0.5) is 0 Å². The zero-order valence-corrected chi connectivity index (χ0v) is 11.6. The lowest BCUT2D eigenvalue weighted by molar-refractivity contribution is -0.159. The summed E-state index contributed by atoms with van der Waals surface area (Å²) in [5.74, 6) is 1.74. The van der Waals surface area contributed by atoms with Gasteiger partial charge in [0.25, 0.3) is 0 Å². The second-order valence-electron chi connectivity index (χ2n) is 6.40. The Balaban J connectivity index is 1.79. The Morgan fingerprint density at radius 1 is 1.37 bits per heavy atom. The van der Waals surface area contributed by atoms with Crippen LogP contribution in [0.2, 0.25) is 0 Å². The van der Waals surface area contributed by atoms with Gasteiger partial charge >= 0.3 is 11.9 Å². The first-order chi connectivity index (χ1) is 9.08. The fourth-order valence-electron chi connectivity index (χ4n) is 4.59. The molecule has 0 aromatic carbocycles. The summed E-state index contributed by atoms with van der Waals surface area (Å²) in [7, 11) is 0. The molecule has 4 heteroatoms. The normalized spacial score (nSPS) is 42.2. The molecule has 2 aliphatic carbocycles. The summed E-state index contributed by atoms with van der Waals surface area (Å²) < 4.78 is 10.6. The van der Waals surface area contributed by atoms with E-state index in [1.54, 1.807) is 0 Å². The van der Waals surface area contributed by atoms with E-state index in [2.05, 4.69) is 6.92 Å². The van der Waals surface area contributed by atoms with E-state index in [1.807, 2.05) is 0 Å². The van der Waals surface area contributed by atoms with Crippen molar-refractivity contribution in [3.8, 4) is 0 Å². The molecule has 1 aliphatic heterocycles. The lowest BCUT2D eigenvalue weighted by Gasteiger charge is -2.32. The van der Waals surface area contributed by atoms with Gasteiger partial charge in [-0.2, -0.15) is 0 Å². The number of esters is 2. The summed E-state index contributed by atoms with van der Waals surface area (Å²) in [5, 5.41) is 0. The highest BCUT2D eigenvalue weighted by molar-refractivity contribution is 5.75.